The molecule has 562 valence electrons. The molecule has 24 N–H and O–H groups in total. The lowest BCUT2D eigenvalue weighted by Gasteiger charge is -2.24. The van der Waals surface area contributed by atoms with Gasteiger partial charge >= 0.3 is 5.69 Å². The number of pyridine rings is 3. The van der Waals surface area contributed by atoms with Crippen LogP contribution in [-0.2, 0) is 28.5 Å². The number of imidazole rings is 3. The molecule has 2 aromatic carbocycles. The third-order valence-corrected chi connectivity index (χ3v) is 18.0. The lowest BCUT2D eigenvalue weighted by atomic mass is 10.0. The van der Waals surface area contributed by atoms with Crippen molar-refractivity contribution in [2.24, 2.45) is 17.4 Å². The summed E-state index contributed by atoms with van der Waals surface area (Å²) < 4.78 is 41.5. The number of amides is 4. The van der Waals surface area contributed by atoms with Crippen LogP contribution in [0, 0.1) is 11.7 Å². The Kier molecular flexibility index (Phi) is 25.0. The molecule has 6 unspecified atom stereocenters. The van der Waals surface area contributed by atoms with Gasteiger partial charge in [0.2, 0.25) is 11.8 Å². The summed E-state index contributed by atoms with van der Waals surface area (Å²) in [5.74, 6) is -2.24. The maximum absolute atomic E-state index is 13.0. The smallest absolute Gasteiger partial charge is 0.351 e. The summed E-state index contributed by atoms with van der Waals surface area (Å²) in [4.78, 5) is 90.0. The third kappa shape index (κ3) is 16.8. The van der Waals surface area contributed by atoms with Gasteiger partial charge in [0.25, 0.3) is 11.8 Å². The molecule has 0 bridgehead atoms. The second-order valence-corrected chi connectivity index (χ2v) is 25.3. The van der Waals surface area contributed by atoms with E-state index in [4.69, 9.17) is 53.3 Å². The van der Waals surface area contributed by atoms with Gasteiger partial charge in [0.1, 0.15) is 77.0 Å². The molecule has 11 heterocycles. The number of fused-ring (bicyclic) bond motifs is 3. The van der Waals surface area contributed by atoms with Crippen LogP contribution in [0.2, 0.25) is 0 Å². The minimum absolute atomic E-state index is 0.0397. The number of aromatic nitrogens is 11. The highest BCUT2D eigenvalue weighted by Gasteiger charge is 2.50. The maximum atomic E-state index is 13.0. The molecule has 4 saturated heterocycles. The van der Waals surface area contributed by atoms with Crippen LogP contribution >= 0.6 is 0 Å². The van der Waals surface area contributed by atoms with Crippen molar-refractivity contribution in [1.82, 2.24) is 74.4 Å². The zero-order valence-corrected chi connectivity index (χ0v) is 56.8. The number of nitrogens with one attached hydrogen (secondary N) is 4. The first-order valence-electron chi connectivity index (χ1n) is 33.2. The van der Waals surface area contributed by atoms with Gasteiger partial charge in [0.15, 0.2) is 41.9 Å². The molecule has 18 atom stereocenters. The Hall–Kier alpha value is -10.4. The number of aliphatic hydroxyl groups excluding tert-OH is 8. The Morgan fingerprint density at radius 2 is 0.867 bits per heavy atom. The summed E-state index contributed by atoms with van der Waals surface area (Å²) in [5.41, 5.74) is 38.7. The Morgan fingerprint density at radius 3 is 1.23 bits per heavy atom. The summed E-state index contributed by atoms with van der Waals surface area (Å²) in [5, 5.41) is 91.8. The standard InChI is InChI=1S/C18H18FN5O4.C18H19N5O4.C16H24N6O4.C14H23N5O5/c19-10-3-1-9(2-4-10)17(27)23-14-12(7-25)28-18(15(14)26)24-8-22-13-11(20)5-6-21-16(13)24;19-11-6-7-20-16-13(11)21-9-23(16)18-15(25)14(12(8-24)27-18)22-17(26)10-4-2-1-3-5-10;1-7(2)10(18)15(25)21-12-9(5-23)26-16(13(12)24)22-6-20-11-8(17)3-4-19-14(11)22;1-2-3-7(15)12(22)18-10-8(6-20)24-13(11(10)21)19-5-4-9(16)17-14(19)23/h1-6,8,12,14-15,18,25-26H,7H2,(H2,20,21)(H,23,27);1-7,9,12,14-15,18,24-25H,8H2,(H2,19,20)(H,22,26);3-4,6-7,9-10,12-13,16,23-24H,5,18H2,1-2H3,(H2,17,19)(H,21,25);4-5,7-8,10-11,13,20-21H,2-3,6,15H2,1H3,(H,18,22)(H2,16,17,23)/t2*12-,14?,15+,18-;9-,10?,12?,13+,16-;7?,8-,10?,11+,13-/m1111/s1. The van der Waals surface area contributed by atoms with E-state index in [1.807, 2.05) is 20.8 Å². The molecule has 0 saturated carbocycles. The number of ether oxygens (including phenoxy) is 4. The number of nitrogens with two attached hydrogens (primary N) is 6. The summed E-state index contributed by atoms with van der Waals surface area (Å²) in [6, 6.07) is 15.0. The summed E-state index contributed by atoms with van der Waals surface area (Å²) in [6.45, 7) is 3.93. The molecule has 0 aliphatic carbocycles. The number of rotatable bonds is 19. The van der Waals surface area contributed by atoms with Gasteiger partial charge in [-0.2, -0.15) is 4.98 Å². The predicted molar refractivity (Wildman–Crippen MR) is 372 cm³/mol. The Labute approximate surface area is 596 Å². The molecule has 39 heteroatoms. The maximum Gasteiger partial charge on any atom is 0.351 e. The number of halogens is 1. The molecule has 0 spiro atoms. The Bertz CT molecular complexity index is 4520. The van der Waals surface area contributed by atoms with E-state index in [0.29, 0.717) is 62.5 Å². The number of carbonyl (C=O) groups is 4. The van der Waals surface area contributed by atoms with E-state index < -0.39 is 152 Å². The van der Waals surface area contributed by atoms with Gasteiger partial charge in [0, 0.05) is 35.9 Å². The van der Waals surface area contributed by atoms with E-state index in [-0.39, 0.29) is 36.4 Å². The van der Waals surface area contributed by atoms with E-state index in [9.17, 15) is 69.2 Å². The summed E-state index contributed by atoms with van der Waals surface area (Å²) >= 11 is 0. The number of anilines is 4. The predicted octanol–water partition coefficient (Wildman–Crippen LogP) is -3.32. The van der Waals surface area contributed by atoms with E-state index >= 15 is 0 Å². The van der Waals surface area contributed by atoms with Crippen molar-refractivity contribution in [3.8, 4) is 0 Å². The van der Waals surface area contributed by atoms with Crippen LogP contribution in [0.3, 0.4) is 0 Å². The summed E-state index contributed by atoms with van der Waals surface area (Å²) in [6.07, 6.45) is -0.315. The van der Waals surface area contributed by atoms with Crippen molar-refractivity contribution in [3.63, 3.8) is 0 Å². The van der Waals surface area contributed by atoms with Crippen molar-refractivity contribution in [1.29, 1.82) is 0 Å². The zero-order valence-electron chi connectivity index (χ0n) is 56.8. The van der Waals surface area contributed by atoms with E-state index in [2.05, 4.69) is 56.2 Å². The van der Waals surface area contributed by atoms with Crippen molar-refractivity contribution in [3.05, 3.63) is 150 Å². The van der Waals surface area contributed by atoms with E-state index in [0.717, 1.165) is 23.1 Å². The Balaban J connectivity index is 0.000000150. The van der Waals surface area contributed by atoms with Crippen molar-refractivity contribution in [2.75, 3.05) is 49.4 Å². The molecular weight excluding hydrogens is 1380 g/mol. The molecular formula is C66H84FN21O17. The van der Waals surface area contributed by atoms with Crippen LogP contribution in [0.1, 0.15) is 79.2 Å². The number of hydrogen-bond donors (Lipinski definition) is 18. The van der Waals surface area contributed by atoms with Crippen LogP contribution in [0.4, 0.5) is 27.3 Å². The first-order valence-corrected chi connectivity index (χ1v) is 33.2. The van der Waals surface area contributed by atoms with E-state index in [1.165, 1.54) is 71.1 Å². The number of hydrogen-bond acceptors (Lipinski definition) is 30. The minimum atomic E-state index is -1.26. The van der Waals surface area contributed by atoms with Crippen LogP contribution in [-0.4, -0.2) is 229 Å². The molecule has 4 amide bonds. The fourth-order valence-corrected chi connectivity index (χ4v) is 12.2. The zero-order chi connectivity index (χ0) is 75.7. The molecule has 0 radical (unpaired) electrons. The fourth-order valence-electron chi connectivity index (χ4n) is 12.2. The van der Waals surface area contributed by atoms with Crippen molar-refractivity contribution < 1.29 is 83.4 Å². The third-order valence-electron chi connectivity index (χ3n) is 18.0. The topological polar surface area (TPSA) is 598 Å². The van der Waals surface area contributed by atoms with Gasteiger partial charge in [-0.3, -0.25) is 37.4 Å². The number of aliphatic hydroxyl groups is 8. The normalized spacial score (nSPS) is 26.0. The highest BCUT2D eigenvalue weighted by molar-refractivity contribution is 5.95. The number of carbonyl (C=O) groups excluding carboxylic acids is 4. The van der Waals surface area contributed by atoms with Gasteiger partial charge in [-0.05, 0) is 73.0 Å². The minimum Gasteiger partial charge on any atom is -0.397 e. The molecule has 4 aliphatic rings. The SMILES string of the molecule is CC(C)C(N)C(=O)NC1[C@@H](CO)O[C@@H](n2cnc3c(N)ccnc32)[C@H]1O.CCCC(N)C(=O)NC1[C@@H](CO)O[C@@H](n2ccc(N)nc2=O)[C@H]1O.Nc1ccnc2c1ncn2[C@@H]1O[C@H](CO)C(NC(=O)c2ccc(F)cc2)[C@@H]1O.Nc1ccnc2c1ncn2[C@@H]1O[C@H](CO)C(NC(=O)c2ccccc2)[C@@H]1O. The number of nitrogen functional groups attached to an aromatic ring is 4. The first-order chi connectivity index (χ1) is 50.3. The molecule has 4 fully saturated rings. The fraction of sp³-hybridized carbons (Fsp3) is 0.424. The number of benzene rings is 2. The quantitative estimate of drug-likeness (QED) is 0.0377. The van der Waals surface area contributed by atoms with Crippen LogP contribution in [0.15, 0.2) is 127 Å². The van der Waals surface area contributed by atoms with Crippen LogP contribution in [0.25, 0.3) is 33.5 Å². The lowest BCUT2D eigenvalue weighted by molar-refractivity contribution is -0.125. The monoisotopic (exact) mass is 1460 g/mol. The van der Waals surface area contributed by atoms with Gasteiger partial charge < -0.3 is 115 Å². The highest BCUT2D eigenvalue weighted by atomic mass is 19.1. The van der Waals surface area contributed by atoms with Crippen LogP contribution in [0.5, 0.6) is 0 Å². The van der Waals surface area contributed by atoms with Crippen LogP contribution < -0.4 is 61.4 Å². The number of nitrogens with zero attached hydrogens (tertiary/aromatic N) is 11. The average Bonchev–Trinajstić information content (AvgIpc) is 1.64. The summed E-state index contributed by atoms with van der Waals surface area (Å²) in [7, 11) is 0. The molecule has 13 rings (SSSR count). The molecule has 9 aromatic rings. The van der Waals surface area contributed by atoms with Crippen molar-refractivity contribution in [2.45, 2.75) is 144 Å². The van der Waals surface area contributed by atoms with E-state index in [1.54, 1.807) is 53.1 Å². The van der Waals surface area contributed by atoms with Gasteiger partial charge in [-0.1, -0.05) is 45.4 Å². The second kappa shape index (κ2) is 34.0. The first kappa shape index (κ1) is 77.2. The lowest BCUT2D eigenvalue weighted by Crippen LogP contribution is -2.54. The molecule has 4 aliphatic heterocycles. The van der Waals surface area contributed by atoms with Gasteiger partial charge in [0.05, 0.1) is 98.7 Å². The molecule has 105 heavy (non-hydrogen) atoms. The van der Waals surface area contributed by atoms with Crippen molar-refractivity contribution >= 4 is 80.0 Å². The largest absolute Gasteiger partial charge is 0.397 e. The highest BCUT2D eigenvalue weighted by Crippen LogP contribution is 2.36. The average molecular weight is 1460 g/mol. The van der Waals surface area contributed by atoms with Gasteiger partial charge in [-0.25, -0.2) is 39.1 Å². The molecule has 38 nitrogen and oxygen atoms in total. The Morgan fingerprint density at radius 1 is 0.505 bits per heavy atom. The van der Waals surface area contributed by atoms with Gasteiger partial charge in [-0.15, -0.1) is 0 Å². The molecule has 7 aromatic heterocycles. The second-order valence-electron chi connectivity index (χ2n) is 25.3.